The van der Waals surface area contributed by atoms with Gasteiger partial charge in [0.15, 0.2) is 0 Å². The first-order valence-corrected chi connectivity index (χ1v) is 5.69. The fraction of sp³-hybridized carbons (Fsp3) is 1.00. The summed E-state index contributed by atoms with van der Waals surface area (Å²) in [6, 6.07) is 0. The van der Waals surface area contributed by atoms with Crippen molar-refractivity contribution in [1.29, 1.82) is 0 Å². The van der Waals surface area contributed by atoms with E-state index >= 15 is 0 Å². The van der Waals surface area contributed by atoms with Crippen LogP contribution in [0, 0.1) is 0 Å². The Morgan fingerprint density at radius 1 is 1.50 bits per heavy atom. The molecular formula is C4H9F2O3PS2. The van der Waals surface area contributed by atoms with Gasteiger partial charge in [-0.3, -0.25) is 4.57 Å². The van der Waals surface area contributed by atoms with E-state index in [0.717, 1.165) is 0 Å². The van der Waals surface area contributed by atoms with Gasteiger partial charge in [-0.25, -0.2) is 0 Å². The highest BCUT2D eigenvalue weighted by Gasteiger charge is 2.49. The summed E-state index contributed by atoms with van der Waals surface area (Å²) in [6.45, 7) is 0. The van der Waals surface area contributed by atoms with Gasteiger partial charge in [-0.2, -0.15) is 34.0 Å². The maximum Gasteiger partial charge on any atom is 0.394 e. The van der Waals surface area contributed by atoms with Crippen LogP contribution in [0.15, 0.2) is 0 Å². The molecule has 0 fully saturated rings. The normalized spacial score (nSPS) is 16.2. The molecule has 0 heterocycles. The van der Waals surface area contributed by atoms with Crippen LogP contribution in [-0.2, 0) is 4.57 Å². The van der Waals surface area contributed by atoms with Gasteiger partial charge in [0.2, 0.25) is 0 Å². The lowest BCUT2D eigenvalue weighted by Gasteiger charge is -2.19. The molecule has 0 rings (SSSR count). The van der Waals surface area contributed by atoms with Crippen LogP contribution in [0.5, 0.6) is 0 Å². The van der Waals surface area contributed by atoms with Crippen molar-refractivity contribution < 1.29 is 23.1 Å². The summed E-state index contributed by atoms with van der Waals surface area (Å²) in [6.07, 6.45) is -0.968. The van der Waals surface area contributed by atoms with Crippen molar-refractivity contribution in [2.24, 2.45) is 0 Å². The minimum Gasteiger partial charge on any atom is -0.320 e. The van der Waals surface area contributed by atoms with Gasteiger partial charge in [0.05, 0.1) is 0 Å². The molecule has 0 aromatic carbocycles. The monoisotopic (exact) mass is 238 g/mol. The summed E-state index contributed by atoms with van der Waals surface area (Å²) in [7, 11) is -5.35. The summed E-state index contributed by atoms with van der Waals surface area (Å²) < 4.78 is 35.2. The van der Waals surface area contributed by atoms with E-state index in [1.807, 2.05) is 0 Å². The van der Waals surface area contributed by atoms with Gasteiger partial charge in [-0.05, 0) is 0 Å². The molecule has 0 aromatic rings. The highest BCUT2D eigenvalue weighted by Crippen LogP contribution is 2.55. The average molecular weight is 238 g/mol. The van der Waals surface area contributed by atoms with E-state index in [4.69, 9.17) is 9.79 Å². The maximum atomic E-state index is 12.5. The number of thiol groups is 2. The van der Waals surface area contributed by atoms with E-state index in [1.165, 1.54) is 0 Å². The molecule has 74 valence electrons. The molecule has 0 saturated carbocycles. The molecule has 3 nitrogen and oxygen atoms in total. The summed E-state index contributed by atoms with van der Waals surface area (Å²) in [5, 5.41) is -0.823. The summed E-state index contributed by atoms with van der Waals surface area (Å²) in [5.74, 6) is 0.0404. The second-order valence-electron chi connectivity index (χ2n) is 2.25. The highest BCUT2D eigenvalue weighted by molar-refractivity contribution is 7.84. The lowest BCUT2D eigenvalue weighted by Crippen LogP contribution is -2.22. The van der Waals surface area contributed by atoms with Crippen LogP contribution in [0.3, 0.4) is 0 Å². The summed E-state index contributed by atoms with van der Waals surface area (Å²) >= 11 is 7.32. The Balaban J connectivity index is 4.33. The highest BCUT2D eigenvalue weighted by atomic mass is 32.1. The molecule has 0 spiro atoms. The third-order valence-electron chi connectivity index (χ3n) is 1.12. The van der Waals surface area contributed by atoms with E-state index in [2.05, 4.69) is 25.3 Å². The maximum absolute atomic E-state index is 12.5. The Labute approximate surface area is 79.5 Å². The topological polar surface area (TPSA) is 57.5 Å². The van der Waals surface area contributed by atoms with Crippen molar-refractivity contribution in [1.82, 2.24) is 0 Å². The Hall–Kier alpha value is 0.710. The predicted molar refractivity (Wildman–Crippen MR) is 48.2 cm³/mol. The molecule has 0 aliphatic carbocycles. The minimum atomic E-state index is -5.35. The predicted octanol–water partition coefficient (Wildman–Crippen LogP) is 1.38. The number of hydrogen-bond donors (Lipinski definition) is 4. The van der Waals surface area contributed by atoms with Crippen molar-refractivity contribution in [2.45, 2.75) is 17.3 Å². The second-order valence-corrected chi connectivity index (χ2v) is 5.09. The van der Waals surface area contributed by atoms with Crippen LogP contribution < -0.4 is 0 Å². The first kappa shape index (κ1) is 12.7. The Morgan fingerprint density at radius 3 is 2.17 bits per heavy atom. The zero-order valence-electron chi connectivity index (χ0n) is 5.89. The number of rotatable bonds is 4. The largest absolute Gasteiger partial charge is 0.394 e. The van der Waals surface area contributed by atoms with Gasteiger partial charge < -0.3 is 9.79 Å². The van der Waals surface area contributed by atoms with Gasteiger partial charge >= 0.3 is 13.3 Å². The molecule has 12 heavy (non-hydrogen) atoms. The van der Waals surface area contributed by atoms with Crippen LogP contribution in [0.25, 0.3) is 0 Å². The second kappa shape index (κ2) is 4.28. The molecule has 0 bridgehead atoms. The van der Waals surface area contributed by atoms with Crippen LogP contribution in [0.2, 0.25) is 0 Å². The molecule has 2 N–H and O–H groups in total. The first-order chi connectivity index (χ1) is 5.20. The van der Waals surface area contributed by atoms with E-state index in [9.17, 15) is 13.3 Å². The molecule has 0 aliphatic heterocycles. The third-order valence-corrected chi connectivity index (χ3v) is 3.25. The lowest BCUT2D eigenvalue weighted by molar-refractivity contribution is 0.0515. The van der Waals surface area contributed by atoms with Gasteiger partial charge in [-0.1, -0.05) is 0 Å². The zero-order chi connectivity index (χ0) is 9.99. The van der Waals surface area contributed by atoms with Crippen LogP contribution in [0.1, 0.15) is 6.42 Å². The van der Waals surface area contributed by atoms with Crippen molar-refractivity contribution in [3.8, 4) is 0 Å². The molecule has 1 unspecified atom stereocenters. The third kappa shape index (κ3) is 3.62. The molecule has 0 saturated heterocycles. The summed E-state index contributed by atoms with van der Waals surface area (Å²) in [4.78, 5) is 16.4. The SMILES string of the molecule is O=P(O)(O)C(F)(F)CC(S)CS. The molecule has 0 aromatic heterocycles. The Bertz CT molecular complexity index is 195. The number of alkyl halides is 2. The van der Waals surface area contributed by atoms with Crippen LogP contribution in [-0.4, -0.2) is 26.5 Å². The lowest BCUT2D eigenvalue weighted by atomic mass is 10.3. The number of hydrogen-bond acceptors (Lipinski definition) is 3. The van der Waals surface area contributed by atoms with Crippen molar-refractivity contribution in [3.63, 3.8) is 0 Å². The fourth-order valence-corrected chi connectivity index (χ4v) is 1.43. The van der Waals surface area contributed by atoms with Gasteiger partial charge in [-0.15, -0.1) is 0 Å². The quantitative estimate of drug-likeness (QED) is 0.442. The van der Waals surface area contributed by atoms with Gasteiger partial charge in [0, 0.05) is 17.4 Å². The standard InChI is InChI=1S/C4H9F2O3PS2/c5-4(6,10(7,8)9)1-3(12)2-11/h3,11-12H,1-2H2,(H2,7,8,9). The van der Waals surface area contributed by atoms with Crippen molar-refractivity contribution in [3.05, 3.63) is 0 Å². The molecule has 0 amide bonds. The molecule has 1 atom stereocenters. The smallest absolute Gasteiger partial charge is 0.320 e. The molecule has 8 heteroatoms. The van der Waals surface area contributed by atoms with Crippen molar-refractivity contribution >= 4 is 32.9 Å². The fourth-order valence-electron chi connectivity index (χ4n) is 0.467. The van der Waals surface area contributed by atoms with E-state index in [0.29, 0.717) is 0 Å². The minimum absolute atomic E-state index is 0.0404. The van der Waals surface area contributed by atoms with Gasteiger partial charge in [0.1, 0.15) is 0 Å². The average Bonchev–Trinajstić information content (AvgIpc) is 1.84. The van der Waals surface area contributed by atoms with E-state index in [-0.39, 0.29) is 5.75 Å². The van der Waals surface area contributed by atoms with E-state index in [1.54, 1.807) is 0 Å². The number of halogens is 2. The van der Waals surface area contributed by atoms with Crippen molar-refractivity contribution in [2.75, 3.05) is 5.75 Å². The van der Waals surface area contributed by atoms with Gasteiger partial charge in [0.25, 0.3) is 0 Å². The Kier molecular flexibility index (Phi) is 4.54. The zero-order valence-corrected chi connectivity index (χ0v) is 8.58. The summed E-state index contributed by atoms with van der Waals surface area (Å²) in [5.41, 5.74) is -4.00. The van der Waals surface area contributed by atoms with Crippen LogP contribution in [0.4, 0.5) is 8.78 Å². The first-order valence-electron chi connectivity index (χ1n) is 2.93. The Morgan fingerprint density at radius 2 is 1.92 bits per heavy atom. The molecular weight excluding hydrogens is 229 g/mol. The van der Waals surface area contributed by atoms with Crippen LogP contribution >= 0.6 is 32.9 Å². The van der Waals surface area contributed by atoms with E-state index < -0.39 is 24.9 Å². The molecule has 0 radical (unpaired) electrons. The molecule has 0 aliphatic rings.